The predicted octanol–water partition coefficient (Wildman–Crippen LogP) is 6.35. The average Bonchev–Trinajstić information content (AvgIpc) is 3.13. The lowest BCUT2D eigenvalue weighted by Gasteiger charge is -2.17. The number of ether oxygens (including phenoxy) is 1. The van der Waals surface area contributed by atoms with Gasteiger partial charge in [0, 0.05) is 6.26 Å². The van der Waals surface area contributed by atoms with Crippen molar-refractivity contribution < 1.29 is 45.8 Å². The van der Waals surface area contributed by atoms with Gasteiger partial charge in [0.05, 0.1) is 28.4 Å². The van der Waals surface area contributed by atoms with Crippen LogP contribution in [0.5, 0.6) is 0 Å². The molecule has 6 rings (SSSR count). The highest BCUT2D eigenvalue weighted by Gasteiger charge is 2.21. The van der Waals surface area contributed by atoms with Crippen molar-refractivity contribution in [1.29, 1.82) is 0 Å². The van der Waals surface area contributed by atoms with Gasteiger partial charge in [0.1, 0.15) is 18.0 Å². The highest BCUT2D eigenvalue weighted by molar-refractivity contribution is 7.91. The van der Waals surface area contributed by atoms with E-state index in [1.54, 1.807) is 30.3 Å². The zero-order chi connectivity index (χ0) is 38.1. The zero-order valence-corrected chi connectivity index (χ0v) is 30.3. The van der Waals surface area contributed by atoms with E-state index in [0.29, 0.717) is 38.6 Å². The number of carbonyl (C=O) groups excluding carboxylic acids is 2. The van der Waals surface area contributed by atoms with Crippen molar-refractivity contribution in [3.63, 3.8) is 0 Å². The summed E-state index contributed by atoms with van der Waals surface area (Å²) in [5.41, 5.74) is 2.41. The summed E-state index contributed by atoms with van der Waals surface area (Å²) in [5, 5.41) is 25.1. The van der Waals surface area contributed by atoms with E-state index in [0.717, 1.165) is 17.0 Å². The van der Waals surface area contributed by atoms with Gasteiger partial charge < -0.3 is 14.9 Å². The molecule has 2 N–H and O–H groups in total. The van der Waals surface area contributed by atoms with Crippen LogP contribution in [0.25, 0.3) is 21.5 Å². The van der Waals surface area contributed by atoms with Gasteiger partial charge in [0.25, 0.3) is 0 Å². The molecular weight excluding hydrogens is 720 g/mol. The van der Waals surface area contributed by atoms with Crippen molar-refractivity contribution >= 4 is 53.2 Å². The van der Waals surface area contributed by atoms with Gasteiger partial charge in [-0.05, 0) is 91.3 Å². The van der Waals surface area contributed by atoms with Gasteiger partial charge in [0.2, 0.25) is 0 Å². The van der Waals surface area contributed by atoms with Gasteiger partial charge in [-0.25, -0.2) is 21.2 Å². The third-order valence-corrected chi connectivity index (χ3v) is 11.9. The Labute approximate surface area is 306 Å². The van der Waals surface area contributed by atoms with Gasteiger partial charge in [-0.15, -0.1) is 0 Å². The number of hydrogen-bond acceptors (Lipinski definition) is 9. The van der Waals surface area contributed by atoms with E-state index in [4.69, 9.17) is 4.74 Å². The Morgan fingerprint density at radius 2 is 1.13 bits per heavy atom. The molecule has 6 aromatic rings. The van der Waals surface area contributed by atoms with Crippen molar-refractivity contribution in [3.05, 3.63) is 154 Å². The number of aliphatic hydroxyl groups excluding tert-OH is 2. The number of halogens is 1. The van der Waals surface area contributed by atoms with Crippen LogP contribution in [0.15, 0.2) is 125 Å². The molecule has 0 saturated heterocycles. The first-order valence-corrected chi connectivity index (χ1v) is 20.1. The van der Waals surface area contributed by atoms with Gasteiger partial charge in [-0.3, -0.25) is 9.59 Å². The number of fused-ring (bicyclic) bond motifs is 2. The quantitative estimate of drug-likeness (QED) is 0.114. The minimum absolute atomic E-state index is 0.0861. The Morgan fingerprint density at radius 3 is 1.66 bits per heavy atom. The van der Waals surface area contributed by atoms with E-state index in [9.17, 15) is 41.0 Å². The number of carbonyl (C=O) groups is 2. The van der Waals surface area contributed by atoms with E-state index in [1.165, 1.54) is 79.7 Å². The maximum Gasteiger partial charge on any atom is 0.317 e. The van der Waals surface area contributed by atoms with E-state index in [2.05, 4.69) is 0 Å². The maximum atomic E-state index is 14.3. The number of rotatable bonds is 11. The molecular formula is C41H35FO9S2. The monoisotopic (exact) mass is 754 g/mol. The lowest BCUT2D eigenvalue weighted by Crippen LogP contribution is -2.17. The number of hydrogen-bond donors (Lipinski definition) is 2. The number of benzene rings is 6. The minimum Gasteiger partial charge on any atom is -0.393 e. The summed E-state index contributed by atoms with van der Waals surface area (Å²) in [7, 11) is -6.90. The molecule has 53 heavy (non-hydrogen) atoms. The van der Waals surface area contributed by atoms with E-state index < -0.39 is 49.6 Å². The van der Waals surface area contributed by atoms with Gasteiger partial charge in [-0.2, -0.15) is 0 Å². The van der Waals surface area contributed by atoms with Crippen molar-refractivity contribution in [2.45, 2.75) is 41.8 Å². The fourth-order valence-electron chi connectivity index (χ4n) is 6.30. The second-order valence-electron chi connectivity index (χ2n) is 12.8. The molecule has 0 aliphatic rings. The Kier molecular flexibility index (Phi) is 10.6. The molecule has 0 heterocycles. The molecule has 0 bridgehead atoms. The SMILES string of the molecule is CCS(=O)(=O)c1ccc(C(O)c2cc(CC(=O)OC(=O)Cc3cc(C(O)c4ccc(S(C)(=O)=O)cc4)c4ccccc4c3)cc3ccc(F)cc23)cc1. The first-order chi connectivity index (χ1) is 25.1. The van der Waals surface area contributed by atoms with Crippen LogP contribution in [-0.4, -0.2) is 51.0 Å². The van der Waals surface area contributed by atoms with Crippen molar-refractivity contribution in [2.24, 2.45) is 0 Å². The normalized spacial score (nSPS) is 13.2. The topological polar surface area (TPSA) is 152 Å². The molecule has 0 saturated carbocycles. The molecule has 0 amide bonds. The molecule has 9 nitrogen and oxygen atoms in total. The summed E-state index contributed by atoms with van der Waals surface area (Å²) in [6, 6.07) is 29.4. The molecule has 2 atom stereocenters. The van der Waals surface area contributed by atoms with Crippen LogP contribution in [0.3, 0.4) is 0 Å². The fourth-order valence-corrected chi connectivity index (χ4v) is 7.81. The summed E-state index contributed by atoms with van der Waals surface area (Å²) < 4.78 is 67.9. The molecule has 0 radical (unpaired) electrons. The van der Waals surface area contributed by atoms with E-state index >= 15 is 0 Å². The number of esters is 2. The highest BCUT2D eigenvalue weighted by Crippen LogP contribution is 2.33. The van der Waals surface area contributed by atoms with Crippen LogP contribution in [-0.2, 0) is 46.8 Å². The standard InChI is InChI=1S/C41H35FO9S2/c1-3-53(49,50)33-16-11-28(12-17-33)41(46)37-21-26(19-30-8-13-31(42)24-35(30)37)23-39(44)51-38(43)22-25-18-29-6-4-5-7-34(29)36(20-25)40(45)27-9-14-32(15-10-27)52(2,47)48/h4-21,24,40-41,45-46H,3,22-23H2,1-2H3. The average molecular weight is 755 g/mol. The molecule has 12 heteroatoms. The van der Waals surface area contributed by atoms with E-state index in [1.807, 2.05) is 12.1 Å². The molecule has 0 aromatic heterocycles. The molecule has 2 unspecified atom stereocenters. The van der Waals surface area contributed by atoms with Crippen LogP contribution in [0.2, 0.25) is 0 Å². The molecule has 0 aliphatic heterocycles. The Bertz CT molecular complexity index is 2580. The minimum atomic E-state index is -3.47. The molecule has 0 aliphatic carbocycles. The lowest BCUT2D eigenvalue weighted by atomic mass is 9.92. The first-order valence-electron chi connectivity index (χ1n) is 16.6. The van der Waals surface area contributed by atoms with Crippen LogP contribution in [0, 0.1) is 5.82 Å². The van der Waals surface area contributed by atoms with Crippen LogP contribution in [0.4, 0.5) is 4.39 Å². The van der Waals surface area contributed by atoms with Gasteiger partial charge in [-0.1, -0.05) is 85.8 Å². The largest absolute Gasteiger partial charge is 0.393 e. The summed E-state index contributed by atoms with van der Waals surface area (Å²) in [4.78, 5) is 26.4. The molecule has 0 spiro atoms. The molecule has 6 aromatic carbocycles. The number of sulfone groups is 2. The van der Waals surface area contributed by atoms with Crippen LogP contribution >= 0.6 is 0 Å². The summed E-state index contributed by atoms with van der Waals surface area (Å²) >= 11 is 0. The maximum absolute atomic E-state index is 14.3. The smallest absolute Gasteiger partial charge is 0.317 e. The third-order valence-electron chi connectivity index (χ3n) is 9.03. The van der Waals surface area contributed by atoms with E-state index in [-0.39, 0.29) is 33.9 Å². The zero-order valence-electron chi connectivity index (χ0n) is 28.7. The Balaban J connectivity index is 1.22. The Morgan fingerprint density at radius 1 is 0.642 bits per heavy atom. The highest BCUT2D eigenvalue weighted by atomic mass is 32.2. The fraction of sp³-hybridized carbons (Fsp3) is 0.171. The molecule has 272 valence electrons. The van der Waals surface area contributed by atoms with Crippen LogP contribution < -0.4 is 0 Å². The second kappa shape index (κ2) is 15.0. The number of aliphatic hydroxyl groups is 2. The molecule has 0 fully saturated rings. The van der Waals surface area contributed by atoms with Crippen molar-refractivity contribution in [2.75, 3.05) is 12.0 Å². The van der Waals surface area contributed by atoms with Gasteiger partial charge >= 0.3 is 11.9 Å². The Hall–Kier alpha value is -5.27. The van der Waals surface area contributed by atoms with Crippen molar-refractivity contribution in [1.82, 2.24) is 0 Å². The van der Waals surface area contributed by atoms with Crippen LogP contribution in [0.1, 0.15) is 52.5 Å². The summed E-state index contributed by atoms with van der Waals surface area (Å²) in [6.07, 6.45) is -2.01. The first kappa shape index (κ1) is 37.5. The van der Waals surface area contributed by atoms with Crippen molar-refractivity contribution in [3.8, 4) is 0 Å². The third kappa shape index (κ3) is 8.36. The second-order valence-corrected chi connectivity index (χ2v) is 17.1. The lowest BCUT2D eigenvalue weighted by molar-refractivity contribution is -0.158. The summed E-state index contributed by atoms with van der Waals surface area (Å²) in [6.45, 7) is 1.53. The van der Waals surface area contributed by atoms with Gasteiger partial charge in [0.15, 0.2) is 19.7 Å². The predicted molar refractivity (Wildman–Crippen MR) is 198 cm³/mol. The summed E-state index contributed by atoms with van der Waals surface area (Å²) in [5.74, 6) is -2.33.